The highest BCUT2D eigenvalue weighted by molar-refractivity contribution is 5.92. The second kappa shape index (κ2) is 7.89. The van der Waals surface area contributed by atoms with E-state index >= 15 is 0 Å². The standard InChI is InChI=1S/C23H23FN2O/c24-21-10-3-4-11-22(21)25-23(27)18-12-14-26(15-13-18)16-19-8-5-7-17-6-1-2-9-20(17)19/h1-11,18H,12-16H2,(H,25,27). The number of carbonyl (C=O) groups is 1. The van der Waals surface area contributed by atoms with Gasteiger partial charge < -0.3 is 5.32 Å². The molecule has 3 aromatic rings. The van der Waals surface area contributed by atoms with Crippen molar-refractivity contribution in [1.82, 2.24) is 4.90 Å². The van der Waals surface area contributed by atoms with Gasteiger partial charge in [0.1, 0.15) is 5.82 Å². The number of fused-ring (bicyclic) bond motifs is 1. The molecule has 0 saturated carbocycles. The first kappa shape index (κ1) is 17.7. The molecule has 4 heteroatoms. The van der Waals surface area contributed by atoms with Crippen LogP contribution >= 0.6 is 0 Å². The van der Waals surface area contributed by atoms with Crippen molar-refractivity contribution in [2.45, 2.75) is 19.4 Å². The van der Waals surface area contributed by atoms with Crippen molar-refractivity contribution in [2.24, 2.45) is 5.92 Å². The van der Waals surface area contributed by atoms with Gasteiger partial charge in [-0.1, -0.05) is 54.6 Å². The van der Waals surface area contributed by atoms with E-state index in [2.05, 4.69) is 52.7 Å². The fourth-order valence-electron chi connectivity index (χ4n) is 3.82. The number of likely N-dealkylation sites (tertiary alicyclic amines) is 1. The lowest BCUT2D eigenvalue weighted by Crippen LogP contribution is -2.37. The number of carbonyl (C=O) groups excluding carboxylic acids is 1. The zero-order valence-electron chi connectivity index (χ0n) is 15.2. The predicted molar refractivity (Wildman–Crippen MR) is 107 cm³/mol. The first-order valence-electron chi connectivity index (χ1n) is 9.45. The minimum Gasteiger partial charge on any atom is -0.323 e. The van der Waals surface area contributed by atoms with Crippen LogP contribution in [-0.4, -0.2) is 23.9 Å². The van der Waals surface area contributed by atoms with Crippen LogP contribution in [0.15, 0.2) is 66.7 Å². The van der Waals surface area contributed by atoms with Crippen LogP contribution in [0, 0.1) is 11.7 Å². The van der Waals surface area contributed by atoms with Gasteiger partial charge in [-0.15, -0.1) is 0 Å². The molecule has 27 heavy (non-hydrogen) atoms. The van der Waals surface area contributed by atoms with Gasteiger partial charge in [0.25, 0.3) is 0 Å². The predicted octanol–water partition coefficient (Wildman–Crippen LogP) is 4.83. The third kappa shape index (κ3) is 4.01. The highest BCUT2D eigenvalue weighted by Crippen LogP contribution is 2.24. The molecule has 1 N–H and O–H groups in total. The maximum absolute atomic E-state index is 13.7. The van der Waals surface area contributed by atoms with Crippen LogP contribution in [0.2, 0.25) is 0 Å². The van der Waals surface area contributed by atoms with Gasteiger partial charge in [-0.25, -0.2) is 4.39 Å². The molecule has 0 aliphatic carbocycles. The molecular weight excluding hydrogens is 339 g/mol. The summed E-state index contributed by atoms with van der Waals surface area (Å²) >= 11 is 0. The SMILES string of the molecule is O=C(Nc1ccccc1F)C1CCN(Cc2cccc3ccccc23)CC1. The summed E-state index contributed by atoms with van der Waals surface area (Å²) in [5.41, 5.74) is 1.59. The van der Waals surface area contributed by atoms with E-state index in [-0.39, 0.29) is 23.3 Å². The molecule has 0 spiro atoms. The Hall–Kier alpha value is -2.72. The van der Waals surface area contributed by atoms with E-state index in [4.69, 9.17) is 0 Å². The van der Waals surface area contributed by atoms with E-state index in [9.17, 15) is 9.18 Å². The third-order valence-electron chi connectivity index (χ3n) is 5.36. The van der Waals surface area contributed by atoms with E-state index in [0.29, 0.717) is 0 Å². The molecule has 1 amide bonds. The monoisotopic (exact) mass is 362 g/mol. The molecule has 0 radical (unpaired) electrons. The lowest BCUT2D eigenvalue weighted by atomic mass is 9.95. The number of amides is 1. The number of anilines is 1. The number of hydrogen-bond donors (Lipinski definition) is 1. The smallest absolute Gasteiger partial charge is 0.227 e. The lowest BCUT2D eigenvalue weighted by molar-refractivity contribution is -0.121. The van der Waals surface area contributed by atoms with Crippen molar-refractivity contribution in [3.05, 3.63) is 78.1 Å². The fraction of sp³-hybridized carbons (Fsp3) is 0.261. The first-order valence-corrected chi connectivity index (χ1v) is 9.45. The summed E-state index contributed by atoms with van der Waals surface area (Å²) in [7, 11) is 0. The minimum absolute atomic E-state index is 0.0617. The molecular formula is C23H23FN2O. The van der Waals surface area contributed by atoms with Crippen molar-refractivity contribution in [1.29, 1.82) is 0 Å². The van der Waals surface area contributed by atoms with E-state index in [1.807, 2.05) is 0 Å². The number of benzene rings is 3. The summed E-state index contributed by atoms with van der Waals surface area (Å²) in [6, 6.07) is 21.2. The quantitative estimate of drug-likeness (QED) is 0.721. The van der Waals surface area contributed by atoms with Crippen LogP contribution in [0.1, 0.15) is 18.4 Å². The summed E-state index contributed by atoms with van der Waals surface area (Å²) in [5, 5.41) is 5.29. The fourth-order valence-corrected chi connectivity index (χ4v) is 3.82. The molecule has 0 aromatic heterocycles. The van der Waals surface area contributed by atoms with Gasteiger partial charge in [0.05, 0.1) is 5.69 Å². The van der Waals surface area contributed by atoms with E-state index in [1.54, 1.807) is 18.2 Å². The number of piperidine rings is 1. The van der Waals surface area contributed by atoms with Crippen LogP contribution in [0.25, 0.3) is 10.8 Å². The van der Waals surface area contributed by atoms with Gasteiger partial charge >= 0.3 is 0 Å². The average molecular weight is 362 g/mol. The van der Waals surface area contributed by atoms with Gasteiger partial charge in [-0.05, 0) is 54.4 Å². The Morgan fingerprint density at radius 1 is 0.963 bits per heavy atom. The molecule has 1 saturated heterocycles. The first-order chi connectivity index (χ1) is 13.2. The summed E-state index contributed by atoms with van der Waals surface area (Å²) in [6.45, 7) is 2.64. The Kier molecular flexibility index (Phi) is 5.16. The second-order valence-corrected chi connectivity index (χ2v) is 7.16. The molecule has 0 bridgehead atoms. The number of nitrogens with zero attached hydrogens (tertiary/aromatic N) is 1. The average Bonchev–Trinajstić information content (AvgIpc) is 2.70. The molecule has 1 aliphatic heterocycles. The van der Waals surface area contributed by atoms with Crippen LogP contribution in [-0.2, 0) is 11.3 Å². The highest BCUT2D eigenvalue weighted by Gasteiger charge is 2.25. The third-order valence-corrected chi connectivity index (χ3v) is 5.36. The lowest BCUT2D eigenvalue weighted by Gasteiger charge is -2.31. The molecule has 1 fully saturated rings. The van der Waals surface area contributed by atoms with Crippen molar-refractivity contribution in [2.75, 3.05) is 18.4 Å². The molecule has 4 rings (SSSR count). The molecule has 3 aromatic carbocycles. The minimum atomic E-state index is -0.390. The normalized spacial score (nSPS) is 15.7. The zero-order chi connectivity index (χ0) is 18.6. The summed E-state index contributed by atoms with van der Waals surface area (Å²) in [5.74, 6) is -0.530. The van der Waals surface area contributed by atoms with Crippen LogP contribution in [0.5, 0.6) is 0 Å². The van der Waals surface area contributed by atoms with E-state index in [0.717, 1.165) is 32.5 Å². The van der Waals surface area contributed by atoms with Crippen LogP contribution < -0.4 is 5.32 Å². The number of halogens is 1. The summed E-state index contributed by atoms with van der Waals surface area (Å²) in [6.07, 6.45) is 1.59. The topological polar surface area (TPSA) is 32.3 Å². The van der Waals surface area contributed by atoms with E-state index < -0.39 is 0 Å². The van der Waals surface area contributed by atoms with Crippen LogP contribution in [0.4, 0.5) is 10.1 Å². The summed E-state index contributed by atoms with van der Waals surface area (Å²) < 4.78 is 13.7. The van der Waals surface area contributed by atoms with Crippen molar-refractivity contribution >= 4 is 22.4 Å². The second-order valence-electron chi connectivity index (χ2n) is 7.16. The van der Waals surface area contributed by atoms with Gasteiger partial charge in [-0.2, -0.15) is 0 Å². The Morgan fingerprint density at radius 3 is 2.48 bits per heavy atom. The van der Waals surface area contributed by atoms with E-state index in [1.165, 1.54) is 22.4 Å². The van der Waals surface area contributed by atoms with Crippen LogP contribution in [0.3, 0.4) is 0 Å². The molecule has 1 aliphatic rings. The zero-order valence-corrected chi connectivity index (χ0v) is 15.2. The summed E-state index contributed by atoms with van der Waals surface area (Å²) in [4.78, 5) is 14.9. The van der Waals surface area contributed by atoms with Crippen molar-refractivity contribution < 1.29 is 9.18 Å². The number of para-hydroxylation sites is 1. The molecule has 3 nitrogen and oxygen atoms in total. The molecule has 138 valence electrons. The van der Waals surface area contributed by atoms with Gasteiger partial charge in [0.2, 0.25) is 5.91 Å². The number of rotatable bonds is 4. The number of nitrogens with one attached hydrogen (secondary N) is 1. The maximum Gasteiger partial charge on any atom is 0.227 e. The van der Waals surface area contributed by atoms with Gasteiger partial charge in [0.15, 0.2) is 0 Å². The highest BCUT2D eigenvalue weighted by atomic mass is 19.1. The molecule has 0 unspecified atom stereocenters. The molecule has 1 heterocycles. The van der Waals surface area contributed by atoms with Crippen molar-refractivity contribution in [3.63, 3.8) is 0 Å². The Balaban J connectivity index is 1.36. The van der Waals surface area contributed by atoms with Gasteiger partial charge in [0, 0.05) is 12.5 Å². The Morgan fingerprint density at radius 2 is 1.67 bits per heavy atom. The number of hydrogen-bond acceptors (Lipinski definition) is 2. The Labute approximate surface area is 158 Å². The largest absolute Gasteiger partial charge is 0.323 e. The Bertz CT molecular complexity index is 943. The van der Waals surface area contributed by atoms with Crippen molar-refractivity contribution in [3.8, 4) is 0 Å². The maximum atomic E-state index is 13.7. The van der Waals surface area contributed by atoms with Gasteiger partial charge in [-0.3, -0.25) is 9.69 Å². The molecule has 0 atom stereocenters.